The molecule has 0 saturated heterocycles. The van der Waals surface area contributed by atoms with E-state index in [1.165, 1.54) is 14.2 Å². The number of methoxy groups -OCH3 is 2. The smallest absolute Gasteiger partial charge is 0.336 e. The fourth-order valence-electron chi connectivity index (χ4n) is 7.18. The van der Waals surface area contributed by atoms with Crippen LogP contribution in [0.3, 0.4) is 0 Å². The zero-order valence-corrected chi connectivity index (χ0v) is 25.7. The number of carbonyl (C=O) groups is 4. The molecule has 0 aromatic heterocycles. The highest BCUT2D eigenvalue weighted by Crippen LogP contribution is 2.49. The molecule has 2 aliphatic heterocycles. The Hall–Kier alpha value is -3.94. The Morgan fingerprint density at radius 2 is 1.00 bits per heavy atom. The lowest BCUT2D eigenvalue weighted by Gasteiger charge is -2.40. The fraction of sp³-hybridized carbons (Fsp3) is 0.471. The van der Waals surface area contributed by atoms with Crippen molar-refractivity contribution >= 4 is 23.5 Å². The van der Waals surface area contributed by atoms with Crippen LogP contribution in [0.15, 0.2) is 69.3 Å². The second-order valence-electron chi connectivity index (χ2n) is 13.5. The molecule has 2 unspecified atom stereocenters. The lowest BCUT2D eigenvalue weighted by atomic mass is 9.67. The SMILES string of the molecule is COC(=O)C1=C(C)NC2=C(C(=O)CC(C)(C)C2)C1c1ccc(C2C(C(=O)OC)=C(C)NC3=C2C(=O)CC(C)(C)C3)cc1. The summed E-state index contributed by atoms with van der Waals surface area (Å²) in [7, 11) is 2.68. The Labute approximate surface area is 247 Å². The summed E-state index contributed by atoms with van der Waals surface area (Å²) in [6.07, 6.45) is 2.14. The van der Waals surface area contributed by atoms with Crippen LogP contribution < -0.4 is 10.6 Å². The maximum atomic E-state index is 13.6. The number of rotatable bonds is 4. The summed E-state index contributed by atoms with van der Waals surface area (Å²) in [4.78, 5) is 53.2. The number of hydrogen-bond donors (Lipinski definition) is 2. The van der Waals surface area contributed by atoms with Gasteiger partial charge in [0.15, 0.2) is 11.6 Å². The molecule has 0 fully saturated rings. The molecule has 0 bridgehead atoms. The van der Waals surface area contributed by atoms with Gasteiger partial charge in [0.25, 0.3) is 0 Å². The van der Waals surface area contributed by atoms with Gasteiger partial charge in [-0.05, 0) is 48.6 Å². The van der Waals surface area contributed by atoms with E-state index in [2.05, 4.69) is 38.3 Å². The van der Waals surface area contributed by atoms with E-state index < -0.39 is 23.8 Å². The van der Waals surface area contributed by atoms with Crippen LogP contribution in [-0.2, 0) is 28.7 Å². The standard InChI is InChI=1S/C34H40N2O6/c1-17-25(31(39)41-7)27(29-21(35-17)13-33(3,4)15-23(29)37)19-9-11-20(12-10-19)28-26(32(40)42-8)18(2)36-22-14-34(5,6)16-24(38)30(22)28/h9-12,27-28,35-36H,13-16H2,1-8H3. The van der Waals surface area contributed by atoms with Gasteiger partial charge in [-0.15, -0.1) is 0 Å². The van der Waals surface area contributed by atoms with Crippen LogP contribution in [0.1, 0.15) is 90.2 Å². The molecule has 5 rings (SSSR count). The van der Waals surface area contributed by atoms with Crippen molar-refractivity contribution in [2.24, 2.45) is 10.8 Å². The highest BCUT2D eigenvalue weighted by molar-refractivity contribution is 6.05. The van der Waals surface area contributed by atoms with Gasteiger partial charge < -0.3 is 20.1 Å². The predicted octanol–water partition coefficient (Wildman–Crippen LogP) is 5.24. The molecule has 2 aliphatic carbocycles. The average molecular weight is 573 g/mol. The first-order valence-corrected chi connectivity index (χ1v) is 14.4. The molecule has 8 nitrogen and oxygen atoms in total. The van der Waals surface area contributed by atoms with Crippen molar-refractivity contribution in [3.8, 4) is 0 Å². The maximum absolute atomic E-state index is 13.6. The van der Waals surface area contributed by atoms with Gasteiger partial charge in [-0.2, -0.15) is 0 Å². The third-order valence-corrected chi connectivity index (χ3v) is 8.89. The quantitative estimate of drug-likeness (QED) is 0.472. The molecule has 4 aliphatic rings. The number of carbonyl (C=O) groups excluding carboxylic acids is 4. The zero-order valence-electron chi connectivity index (χ0n) is 25.7. The lowest BCUT2D eigenvalue weighted by molar-refractivity contribution is -0.137. The highest BCUT2D eigenvalue weighted by atomic mass is 16.5. The molecule has 1 aromatic rings. The Morgan fingerprint density at radius 1 is 0.667 bits per heavy atom. The minimum Gasteiger partial charge on any atom is -0.466 e. The molecule has 0 spiro atoms. The molecular formula is C34H40N2O6. The largest absolute Gasteiger partial charge is 0.466 e. The molecule has 2 atom stereocenters. The molecule has 2 heterocycles. The molecule has 222 valence electrons. The first kappa shape index (κ1) is 29.5. The van der Waals surface area contributed by atoms with Crippen molar-refractivity contribution < 1.29 is 28.7 Å². The molecule has 42 heavy (non-hydrogen) atoms. The minimum atomic E-state index is -0.594. The van der Waals surface area contributed by atoms with Crippen molar-refractivity contribution in [1.82, 2.24) is 10.6 Å². The van der Waals surface area contributed by atoms with E-state index in [1.54, 1.807) is 0 Å². The van der Waals surface area contributed by atoms with Gasteiger partial charge in [-0.3, -0.25) is 9.59 Å². The number of dihydropyridines is 2. The van der Waals surface area contributed by atoms with E-state index in [9.17, 15) is 19.2 Å². The van der Waals surface area contributed by atoms with E-state index in [1.807, 2.05) is 38.1 Å². The summed E-state index contributed by atoms with van der Waals surface area (Å²) in [5, 5.41) is 6.67. The molecule has 0 saturated carbocycles. The molecular weight excluding hydrogens is 532 g/mol. The average Bonchev–Trinajstić information content (AvgIpc) is 2.89. The number of benzene rings is 1. The fourth-order valence-corrected chi connectivity index (χ4v) is 7.18. The first-order chi connectivity index (χ1) is 19.7. The normalized spacial score (nSPS) is 25.0. The third kappa shape index (κ3) is 5.01. The number of ketones is 2. The maximum Gasteiger partial charge on any atom is 0.336 e. The number of hydrogen-bond acceptors (Lipinski definition) is 8. The predicted molar refractivity (Wildman–Crippen MR) is 158 cm³/mol. The topological polar surface area (TPSA) is 111 Å². The molecule has 8 heteroatoms. The van der Waals surface area contributed by atoms with E-state index in [-0.39, 0.29) is 22.4 Å². The van der Waals surface area contributed by atoms with Gasteiger partial charge in [-0.25, -0.2) is 9.59 Å². The van der Waals surface area contributed by atoms with Gasteiger partial charge in [0.05, 0.1) is 25.4 Å². The number of nitrogens with one attached hydrogen (secondary N) is 2. The van der Waals surface area contributed by atoms with Crippen LogP contribution in [0.4, 0.5) is 0 Å². The van der Waals surface area contributed by atoms with Crippen LogP contribution in [0.5, 0.6) is 0 Å². The number of ether oxygens (including phenoxy) is 2. The second kappa shape index (κ2) is 10.4. The van der Waals surface area contributed by atoms with Crippen molar-refractivity contribution in [3.05, 3.63) is 80.5 Å². The summed E-state index contributed by atoms with van der Waals surface area (Å²) >= 11 is 0. The Bertz CT molecular complexity index is 1420. The van der Waals surface area contributed by atoms with Gasteiger partial charge in [-0.1, -0.05) is 52.0 Å². The molecule has 2 N–H and O–H groups in total. The van der Waals surface area contributed by atoms with E-state index in [4.69, 9.17) is 9.47 Å². The summed E-state index contributed by atoms with van der Waals surface area (Å²) in [6, 6.07) is 7.57. The van der Waals surface area contributed by atoms with Gasteiger partial charge >= 0.3 is 11.9 Å². The summed E-state index contributed by atoms with van der Waals surface area (Å²) in [5.41, 5.74) is 6.12. The van der Waals surface area contributed by atoms with Crippen molar-refractivity contribution in [1.29, 1.82) is 0 Å². The summed E-state index contributed by atoms with van der Waals surface area (Å²) in [5.74, 6) is -2.16. The molecule has 0 amide bonds. The van der Waals surface area contributed by atoms with Crippen LogP contribution in [0.25, 0.3) is 0 Å². The first-order valence-electron chi connectivity index (χ1n) is 14.4. The molecule has 0 radical (unpaired) electrons. The zero-order chi connectivity index (χ0) is 30.7. The van der Waals surface area contributed by atoms with Crippen LogP contribution >= 0.6 is 0 Å². The van der Waals surface area contributed by atoms with E-state index >= 15 is 0 Å². The van der Waals surface area contributed by atoms with Gasteiger partial charge in [0.2, 0.25) is 0 Å². The van der Waals surface area contributed by atoms with E-state index in [0.717, 1.165) is 22.5 Å². The second-order valence-corrected chi connectivity index (χ2v) is 13.5. The van der Waals surface area contributed by atoms with Crippen molar-refractivity contribution in [2.45, 2.75) is 79.1 Å². The van der Waals surface area contributed by atoms with Crippen LogP contribution in [0, 0.1) is 10.8 Å². The monoisotopic (exact) mass is 572 g/mol. The van der Waals surface area contributed by atoms with Gasteiger partial charge in [0, 0.05) is 58.6 Å². The Balaban J connectivity index is 1.64. The highest BCUT2D eigenvalue weighted by Gasteiger charge is 2.45. The Morgan fingerprint density at radius 3 is 1.31 bits per heavy atom. The summed E-state index contributed by atoms with van der Waals surface area (Å²) in [6.45, 7) is 11.9. The lowest BCUT2D eigenvalue weighted by Crippen LogP contribution is -2.39. The van der Waals surface area contributed by atoms with Crippen molar-refractivity contribution in [3.63, 3.8) is 0 Å². The minimum absolute atomic E-state index is 0.00633. The molecule has 1 aromatic carbocycles. The van der Waals surface area contributed by atoms with Gasteiger partial charge in [0.1, 0.15) is 0 Å². The summed E-state index contributed by atoms with van der Waals surface area (Å²) < 4.78 is 10.3. The van der Waals surface area contributed by atoms with Crippen molar-refractivity contribution in [2.75, 3.05) is 14.2 Å². The third-order valence-electron chi connectivity index (χ3n) is 8.89. The van der Waals surface area contributed by atoms with Crippen LogP contribution in [-0.4, -0.2) is 37.7 Å². The van der Waals surface area contributed by atoms with Crippen LogP contribution in [0.2, 0.25) is 0 Å². The number of esters is 2. The Kier molecular flexibility index (Phi) is 7.32. The van der Waals surface area contributed by atoms with E-state index in [0.29, 0.717) is 59.4 Å². The number of Topliss-reactive ketones (excluding diaryl/α,β-unsaturated/α-hetero) is 2. The number of allylic oxidation sites excluding steroid dienone is 6.